The molecule has 2 aliphatic rings. The zero-order valence-electron chi connectivity index (χ0n) is 20.7. The van der Waals surface area contributed by atoms with Crippen LogP contribution >= 0.6 is 0 Å². The normalized spacial score (nSPS) is 20.7. The summed E-state index contributed by atoms with van der Waals surface area (Å²) in [5, 5.41) is 15.2. The number of aryl methyl sites for hydroxylation is 1. The van der Waals surface area contributed by atoms with Gasteiger partial charge in [-0.25, -0.2) is 9.18 Å². The molecule has 7 rings (SSSR count). The Morgan fingerprint density at radius 3 is 2.82 bits per heavy atom. The quantitative estimate of drug-likeness (QED) is 0.261. The van der Waals surface area contributed by atoms with E-state index in [4.69, 9.17) is 19.9 Å². The van der Waals surface area contributed by atoms with Crippen molar-refractivity contribution in [1.82, 2.24) is 15.0 Å². The van der Waals surface area contributed by atoms with Crippen LogP contribution < -0.4 is 26.3 Å². The number of aromatic nitrogens is 3. The molecule has 1 aliphatic carbocycles. The van der Waals surface area contributed by atoms with E-state index in [1.165, 1.54) is 30.3 Å². The molecule has 5 aromatic rings. The van der Waals surface area contributed by atoms with Crippen molar-refractivity contribution < 1.29 is 18.7 Å². The number of anilines is 2. The number of halogens is 1. The van der Waals surface area contributed by atoms with E-state index in [0.29, 0.717) is 56.2 Å². The van der Waals surface area contributed by atoms with Gasteiger partial charge in [-0.1, -0.05) is 0 Å². The van der Waals surface area contributed by atoms with Gasteiger partial charge < -0.3 is 35.2 Å². The highest BCUT2D eigenvalue weighted by Gasteiger charge is 2.46. The van der Waals surface area contributed by atoms with Crippen molar-refractivity contribution in [2.24, 2.45) is 17.6 Å². The molecule has 194 valence electrons. The minimum atomic E-state index is -0.529. The Morgan fingerprint density at radius 2 is 2.05 bits per heavy atom. The lowest BCUT2D eigenvalue weighted by Crippen LogP contribution is -2.46. The third kappa shape index (κ3) is 3.38. The average molecular weight is 517 g/mol. The van der Waals surface area contributed by atoms with Gasteiger partial charge in [0, 0.05) is 49.8 Å². The van der Waals surface area contributed by atoms with Crippen LogP contribution in [0.2, 0.25) is 0 Å². The first-order valence-corrected chi connectivity index (χ1v) is 12.5. The molecule has 0 amide bonds. The minimum Gasteiger partial charge on any atom is -0.508 e. The third-order valence-corrected chi connectivity index (χ3v) is 7.86. The van der Waals surface area contributed by atoms with E-state index in [2.05, 4.69) is 20.2 Å². The summed E-state index contributed by atoms with van der Waals surface area (Å²) in [7, 11) is 1.73. The van der Waals surface area contributed by atoms with Gasteiger partial charge in [-0.2, -0.15) is 9.97 Å². The molecule has 0 bridgehead atoms. The SMILES string of the molecule is CNc1cc(F)cc2c1[nH]c1nc(Oc3cc(O)cc4oc(=O)cc(C)c34)nc(N3CC4C[C@@H](N)C4C3)c12. The first-order chi connectivity index (χ1) is 18.3. The maximum atomic E-state index is 14.6. The van der Waals surface area contributed by atoms with Crippen molar-refractivity contribution in [3.63, 3.8) is 0 Å². The summed E-state index contributed by atoms with van der Waals surface area (Å²) in [6, 6.07) is 7.24. The zero-order chi connectivity index (χ0) is 26.3. The van der Waals surface area contributed by atoms with Crippen LogP contribution in [-0.2, 0) is 0 Å². The van der Waals surface area contributed by atoms with Crippen LogP contribution in [-0.4, -0.2) is 46.2 Å². The van der Waals surface area contributed by atoms with Gasteiger partial charge in [0.05, 0.1) is 22.0 Å². The van der Waals surface area contributed by atoms with Gasteiger partial charge in [0.15, 0.2) is 0 Å². The van der Waals surface area contributed by atoms with Gasteiger partial charge in [-0.15, -0.1) is 0 Å². The number of hydrogen-bond donors (Lipinski definition) is 4. The van der Waals surface area contributed by atoms with Gasteiger partial charge in [-0.3, -0.25) is 0 Å². The molecule has 4 heterocycles. The fourth-order valence-electron chi connectivity index (χ4n) is 6.04. The number of fused-ring (bicyclic) bond motifs is 5. The van der Waals surface area contributed by atoms with Gasteiger partial charge in [0.1, 0.15) is 34.4 Å². The number of nitrogens with zero attached hydrogens (tertiary/aromatic N) is 3. The standard InChI is InChI=1S/C27H25FN6O4/c1-11-3-21(36)37-19-7-14(35)8-20(22(11)19)38-27-32-25-23(15-5-13(28)6-18(30-2)24(15)31-25)26(33-27)34-9-12-4-17(29)16(12)10-34/h3,5-8,12,16-17,30,35H,4,9-10,29H2,1-2H3,(H,31,32,33)/t12?,16?,17-/m1/s1. The van der Waals surface area contributed by atoms with Gasteiger partial charge >= 0.3 is 11.6 Å². The number of aromatic hydroxyl groups is 1. The van der Waals surface area contributed by atoms with Gasteiger partial charge in [-0.05, 0) is 42.9 Å². The summed E-state index contributed by atoms with van der Waals surface area (Å²) in [6.07, 6.45) is 0.963. The van der Waals surface area contributed by atoms with Crippen molar-refractivity contribution in [1.29, 1.82) is 0 Å². The number of H-pyrrole nitrogens is 1. The van der Waals surface area contributed by atoms with Crippen molar-refractivity contribution in [2.45, 2.75) is 19.4 Å². The molecule has 5 N–H and O–H groups in total. The van der Waals surface area contributed by atoms with E-state index >= 15 is 0 Å². The van der Waals surface area contributed by atoms with E-state index in [0.717, 1.165) is 19.5 Å². The molecule has 11 heteroatoms. The van der Waals surface area contributed by atoms with E-state index in [9.17, 15) is 14.3 Å². The summed E-state index contributed by atoms with van der Waals surface area (Å²) in [4.78, 5) is 26.8. The highest BCUT2D eigenvalue weighted by atomic mass is 19.1. The predicted molar refractivity (Wildman–Crippen MR) is 142 cm³/mol. The summed E-state index contributed by atoms with van der Waals surface area (Å²) >= 11 is 0. The molecule has 1 aliphatic heterocycles. The predicted octanol–water partition coefficient (Wildman–Crippen LogP) is 3.99. The highest BCUT2D eigenvalue weighted by Crippen LogP contribution is 2.45. The molecule has 1 saturated heterocycles. The Labute approximate surface area is 215 Å². The molecule has 2 aromatic carbocycles. The molecule has 0 radical (unpaired) electrons. The summed E-state index contributed by atoms with van der Waals surface area (Å²) in [5.74, 6) is 1.22. The van der Waals surface area contributed by atoms with Crippen LogP contribution in [0.25, 0.3) is 32.9 Å². The number of rotatable bonds is 4. The van der Waals surface area contributed by atoms with Crippen molar-refractivity contribution in [2.75, 3.05) is 30.4 Å². The Balaban J connectivity index is 1.44. The number of phenols is 1. The molecular weight excluding hydrogens is 491 g/mol. The number of nitrogens with one attached hydrogen (secondary N) is 2. The monoisotopic (exact) mass is 516 g/mol. The molecule has 38 heavy (non-hydrogen) atoms. The largest absolute Gasteiger partial charge is 0.508 e. The van der Waals surface area contributed by atoms with Crippen molar-refractivity contribution in [3.05, 3.63) is 52.1 Å². The molecular formula is C27H25FN6O4. The summed E-state index contributed by atoms with van der Waals surface area (Å²) in [6.45, 7) is 3.27. The fraction of sp³-hybridized carbons (Fsp3) is 0.296. The second-order valence-corrected chi connectivity index (χ2v) is 10.2. The molecule has 2 fully saturated rings. The maximum Gasteiger partial charge on any atom is 0.336 e. The Hall–Kier alpha value is -4.38. The van der Waals surface area contributed by atoms with E-state index < -0.39 is 5.63 Å². The molecule has 3 aromatic heterocycles. The maximum absolute atomic E-state index is 14.6. The van der Waals surface area contributed by atoms with Crippen LogP contribution in [0.4, 0.5) is 15.9 Å². The number of hydrogen-bond acceptors (Lipinski definition) is 9. The highest BCUT2D eigenvalue weighted by molar-refractivity contribution is 6.14. The van der Waals surface area contributed by atoms with Crippen LogP contribution in [0, 0.1) is 24.6 Å². The molecule has 1 saturated carbocycles. The average Bonchev–Trinajstić information content (AvgIpc) is 3.39. The zero-order valence-corrected chi connectivity index (χ0v) is 20.7. The number of benzene rings is 2. The summed E-state index contributed by atoms with van der Waals surface area (Å²) in [5.41, 5.74) is 8.34. The van der Waals surface area contributed by atoms with Crippen molar-refractivity contribution >= 4 is 44.4 Å². The van der Waals surface area contributed by atoms with E-state index in [1.54, 1.807) is 14.0 Å². The number of phenolic OH excluding ortho intramolecular Hbond substituents is 1. The number of ether oxygens (including phenoxy) is 1. The van der Waals surface area contributed by atoms with E-state index in [1.807, 2.05) is 0 Å². The van der Waals surface area contributed by atoms with Crippen LogP contribution in [0.15, 0.2) is 39.5 Å². The summed E-state index contributed by atoms with van der Waals surface area (Å²) < 4.78 is 26.1. The van der Waals surface area contributed by atoms with Gasteiger partial charge in [0.25, 0.3) is 0 Å². The van der Waals surface area contributed by atoms with Gasteiger partial charge in [0.2, 0.25) is 0 Å². The second kappa shape index (κ2) is 8.06. The smallest absolute Gasteiger partial charge is 0.336 e. The Kier molecular flexibility index (Phi) is 4.83. The Morgan fingerprint density at radius 1 is 1.21 bits per heavy atom. The number of aromatic amines is 1. The lowest BCUT2D eigenvalue weighted by Gasteiger charge is -2.36. The van der Waals surface area contributed by atoms with Crippen LogP contribution in [0.3, 0.4) is 0 Å². The lowest BCUT2D eigenvalue weighted by atomic mass is 9.72. The van der Waals surface area contributed by atoms with Crippen LogP contribution in [0.1, 0.15) is 12.0 Å². The van der Waals surface area contributed by atoms with Crippen LogP contribution in [0.5, 0.6) is 17.5 Å². The topological polar surface area (TPSA) is 143 Å². The second-order valence-electron chi connectivity index (χ2n) is 10.2. The number of nitrogens with two attached hydrogens (primary N) is 1. The molecule has 0 spiro atoms. The fourth-order valence-corrected chi connectivity index (χ4v) is 6.04. The minimum absolute atomic E-state index is 0.0339. The molecule has 2 unspecified atom stereocenters. The Bertz CT molecular complexity index is 1830. The molecule has 3 atom stereocenters. The first-order valence-electron chi connectivity index (χ1n) is 12.5. The lowest BCUT2D eigenvalue weighted by molar-refractivity contribution is 0.194. The van der Waals surface area contributed by atoms with Crippen molar-refractivity contribution in [3.8, 4) is 17.5 Å². The molecule has 10 nitrogen and oxygen atoms in total. The first kappa shape index (κ1) is 22.8. The van der Waals surface area contributed by atoms with E-state index in [-0.39, 0.29) is 35.0 Å². The third-order valence-electron chi connectivity index (χ3n) is 7.86.